The number of nitrogens with two attached hydrogens (primary N) is 1. The molecule has 0 fully saturated rings. The van der Waals surface area contributed by atoms with E-state index in [0.29, 0.717) is 16.1 Å². The number of ether oxygens (including phenoxy) is 1. The van der Waals surface area contributed by atoms with Crippen molar-refractivity contribution in [1.29, 1.82) is 0 Å². The van der Waals surface area contributed by atoms with Crippen LogP contribution in [0.25, 0.3) is 0 Å². The Balaban J connectivity index is 1.98. The molecule has 0 atom stereocenters. The van der Waals surface area contributed by atoms with Crippen molar-refractivity contribution in [2.45, 2.75) is 6.42 Å². The quantitative estimate of drug-likeness (QED) is 0.884. The van der Waals surface area contributed by atoms with Gasteiger partial charge in [-0.05, 0) is 34.0 Å². The topological polar surface area (TPSA) is 73.1 Å². The lowest BCUT2D eigenvalue weighted by Gasteiger charge is -2.10. The molecule has 0 aliphatic rings. The van der Waals surface area contributed by atoms with E-state index < -0.39 is 0 Å². The summed E-state index contributed by atoms with van der Waals surface area (Å²) in [5.74, 6) is 2.02. The van der Waals surface area contributed by atoms with Gasteiger partial charge < -0.3 is 15.8 Å². The standard InChI is InChI=1S/C13H15BrN4O/c1-19-10-5-3-2-4-9(10)6-7-16-13-11(14)12(15)17-8-18-13/h2-5,8H,6-7H2,1H3,(H3,15,16,17,18). The first-order valence-electron chi connectivity index (χ1n) is 5.84. The van der Waals surface area contributed by atoms with E-state index in [1.165, 1.54) is 6.33 Å². The first-order chi connectivity index (χ1) is 9.22. The van der Waals surface area contributed by atoms with Crippen LogP contribution < -0.4 is 15.8 Å². The van der Waals surface area contributed by atoms with Crippen LogP contribution in [0.1, 0.15) is 5.56 Å². The number of nitrogens with zero attached hydrogens (tertiary/aromatic N) is 2. The van der Waals surface area contributed by atoms with Crippen LogP contribution in [0.2, 0.25) is 0 Å². The molecule has 0 amide bonds. The van der Waals surface area contributed by atoms with Gasteiger partial charge in [0.25, 0.3) is 0 Å². The maximum Gasteiger partial charge on any atom is 0.145 e. The van der Waals surface area contributed by atoms with Crippen LogP contribution >= 0.6 is 15.9 Å². The number of nitrogens with one attached hydrogen (secondary N) is 1. The second kappa shape index (κ2) is 6.38. The Hall–Kier alpha value is -1.82. The molecule has 2 aromatic rings. The zero-order chi connectivity index (χ0) is 13.7. The molecular formula is C13H15BrN4O. The summed E-state index contributed by atoms with van der Waals surface area (Å²) in [5, 5.41) is 3.22. The number of halogens is 1. The van der Waals surface area contributed by atoms with Gasteiger partial charge >= 0.3 is 0 Å². The summed E-state index contributed by atoms with van der Waals surface area (Å²) < 4.78 is 6.00. The summed E-state index contributed by atoms with van der Waals surface area (Å²) in [6, 6.07) is 7.95. The monoisotopic (exact) mass is 322 g/mol. The molecule has 5 nitrogen and oxygen atoms in total. The van der Waals surface area contributed by atoms with Gasteiger partial charge in [0.05, 0.1) is 7.11 Å². The largest absolute Gasteiger partial charge is 0.496 e. The molecule has 0 aliphatic carbocycles. The molecular weight excluding hydrogens is 308 g/mol. The third-order valence-corrected chi connectivity index (χ3v) is 3.48. The number of hydrogen-bond acceptors (Lipinski definition) is 5. The first-order valence-corrected chi connectivity index (χ1v) is 6.63. The van der Waals surface area contributed by atoms with Gasteiger partial charge in [0.15, 0.2) is 0 Å². The normalized spacial score (nSPS) is 10.2. The number of nitrogen functional groups attached to an aromatic ring is 1. The van der Waals surface area contributed by atoms with Gasteiger partial charge in [0, 0.05) is 6.54 Å². The SMILES string of the molecule is COc1ccccc1CCNc1ncnc(N)c1Br. The molecule has 0 radical (unpaired) electrons. The highest BCUT2D eigenvalue weighted by atomic mass is 79.9. The third kappa shape index (κ3) is 3.35. The van der Waals surface area contributed by atoms with E-state index in [9.17, 15) is 0 Å². The average Bonchev–Trinajstić information content (AvgIpc) is 2.44. The van der Waals surface area contributed by atoms with Crippen LogP contribution in [0.5, 0.6) is 5.75 Å². The molecule has 100 valence electrons. The second-order valence-electron chi connectivity index (χ2n) is 3.91. The zero-order valence-corrected chi connectivity index (χ0v) is 12.1. The minimum absolute atomic E-state index is 0.426. The van der Waals surface area contributed by atoms with E-state index in [2.05, 4.69) is 31.2 Å². The Morgan fingerprint density at radius 2 is 2.11 bits per heavy atom. The van der Waals surface area contributed by atoms with Crippen molar-refractivity contribution in [2.24, 2.45) is 0 Å². The number of para-hydroxylation sites is 1. The van der Waals surface area contributed by atoms with Crippen LogP contribution in [0.4, 0.5) is 11.6 Å². The molecule has 1 aromatic heterocycles. The van der Waals surface area contributed by atoms with Crippen LogP contribution in [0.15, 0.2) is 35.1 Å². The van der Waals surface area contributed by atoms with Crippen molar-refractivity contribution < 1.29 is 4.74 Å². The Kier molecular flexibility index (Phi) is 4.57. The maximum absolute atomic E-state index is 5.69. The number of aromatic nitrogens is 2. The van der Waals surface area contributed by atoms with Crippen LogP contribution in [0, 0.1) is 0 Å². The van der Waals surface area contributed by atoms with Crippen molar-refractivity contribution in [3.05, 3.63) is 40.6 Å². The molecule has 3 N–H and O–H groups in total. The van der Waals surface area contributed by atoms with E-state index in [-0.39, 0.29) is 0 Å². The molecule has 0 saturated carbocycles. The average molecular weight is 323 g/mol. The third-order valence-electron chi connectivity index (χ3n) is 2.70. The fourth-order valence-electron chi connectivity index (χ4n) is 1.73. The fourth-order valence-corrected chi connectivity index (χ4v) is 2.08. The van der Waals surface area contributed by atoms with Crippen molar-refractivity contribution in [3.63, 3.8) is 0 Å². The summed E-state index contributed by atoms with van der Waals surface area (Å²) in [7, 11) is 1.67. The molecule has 19 heavy (non-hydrogen) atoms. The lowest BCUT2D eigenvalue weighted by Crippen LogP contribution is -2.09. The molecule has 2 rings (SSSR count). The van der Waals surface area contributed by atoms with E-state index in [1.54, 1.807) is 7.11 Å². The van der Waals surface area contributed by atoms with Gasteiger partial charge in [0.1, 0.15) is 28.2 Å². The van der Waals surface area contributed by atoms with E-state index in [0.717, 1.165) is 24.3 Å². The lowest BCUT2D eigenvalue weighted by atomic mass is 10.1. The van der Waals surface area contributed by atoms with Crippen molar-refractivity contribution in [2.75, 3.05) is 24.7 Å². The summed E-state index contributed by atoms with van der Waals surface area (Å²) in [6.45, 7) is 0.732. The van der Waals surface area contributed by atoms with Gasteiger partial charge in [-0.2, -0.15) is 0 Å². The molecule has 0 bridgehead atoms. The second-order valence-corrected chi connectivity index (χ2v) is 4.70. The molecule has 0 aliphatic heterocycles. The number of benzene rings is 1. The number of methoxy groups -OCH3 is 1. The highest BCUT2D eigenvalue weighted by Crippen LogP contribution is 2.24. The van der Waals surface area contributed by atoms with Crippen LogP contribution in [0.3, 0.4) is 0 Å². The van der Waals surface area contributed by atoms with Crippen LogP contribution in [-0.4, -0.2) is 23.6 Å². The molecule has 1 heterocycles. The van der Waals surface area contributed by atoms with E-state index in [4.69, 9.17) is 10.5 Å². The molecule has 0 saturated heterocycles. The van der Waals surface area contributed by atoms with Gasteiger partial charge in [-0.3, -0.25) is 0 Å². The molecule has 6 heteroatoms. The summed E-state index contributed by atoms with van der Waals surface area (Å²) in [4.78, 5) is 8.03. The lowest BCUT2D eigenvalue weighted by molar-refractivity contribution is 0.410. The predicted molar refractivity (Wildman–Crippen MR) is 79.3 cm³/mol. The maximum atomic E-state index is 5.69. The number of rotatable bonds is 5. The van der Waals surface area contributed by atoms with Crippen LogP contribution in [-0.2, 0) is 6.42 Å². The van der Waals surface area contributed by atoms with Gasteiger partial charge in [-0.25, -0.2) is 9.97 Å². The molecule has 0 spiro atoms. The van der Waals surface area contributed by atoms with Crippen molar-refractivity contribution in [1.82, 2.24) is 9.97 Å². The minimum Gasteiger partial charge on any atom is -0.496 e. The Labute approximate surface area is 120 Å². The number of hydrogen-bond donors (Lipinski definition) is 2. The Bertz CT molecular complexity index is 562. The van der Waals surface area contributed by atoms with E-state index in [1.807, 2.05) is 24.3 Å². The Morgan fingerprint density at radius 3 is 2.89 bits per heavy atom. The van der Waals surface area contributed by atoms with Crippen molar-refractivity contribution >= 4 is 27.6 Å². The first kappa shape index (κ1) is 13.6. The van der Waals surface area contributed by atoms with E-state index >= 15 is 0 Å². The van der Waals surface area contributed by atoms with Gasteiger partial charge in [0.2, 0.25) is 0 Å². The summed E-state index contributed by atoms with van der Waals surface area (Å²) in [6.07, 6.45) is 2.27. The Morgan fingerprint density at radius 1 is 1.32 bits per heavy atom. The summed E-state index contributed by atoms with van der Waals surface area (Å²) in [5.41, 5.74) is 6.84. The zero-order valence-electron chi connectivity index (χ0n) is 10.6. The minimum atomic E-state index is 0.426. The van der Waals surface area contributed by atoms with Gasteiger partial charge in [-0.15, -0.1) is 0 Å². The highest BCUT2D eigenvalue weighted by Gasteiger charge is 2.06. The molecule has 1 aromatic carbocycles. The predicted octanol–water partition coefficient (Wildman–Crippen LogP) is 2.48. The smallest absolute Gasteiger partial charge is 0.145 e. The highest BCUT2D eigenvalue weighted by molar-refractivity contribution is 9.10. The van der Waals surface area contributed by atoms with Crippen molar-refractivity contribution in [3.8, 4) is 5.75 Å². The molecule has 0 unspecified atom stereocenters. The van der Waals surface area contributed by atoms with Gasteiger partial charge in [-0.1, -0.05) is 18.2 Å². The number of anilines is 2. The fraction of sp³-hybridized carbons (Fsp3) is 0.231. The summed E-state index contributed by atoms with van der Waals surface area (Å²) >= 11 is 3.36.